The summed E-state index contributed by atoms with van der Waals surface area (Å²) in [6.07, 6.45) is 5.22. The van der Waals surface area contributed by atoms with Gasteiger partial charge in [-0.15, -0.1) is 0 Å². The number of imidazole rings is 1. The van der Waals surface area contributed by atoms with Gasteiger partial charge < -0.3 is 15.2 Å². The molecule has 2 aromatic rings. The zero-order valence-electron chi connectivity index (χ0n) is 13.8. The summed E-state index contributed by atoms with van der Waals surface area (Å²) in [4.78, 5) is 40.8. The summed E-state index contributed by atoms with van der Waals surface area (Å²) in [7, 11) is 0. The van der Waals surface area contributed by atoms with Gasteiger partial charge in [0, 0.05) is 30.5 Å². The molecule has 8 nitrogen and oxygen atoms in total. The first-order valence-electron chi connectivity index (χ1n) is 7.96. The van der Waals surface area contributed by atoms with Gasteiger partial charge in [0.1, 0.15) is 0 Å². The molecule has 0 bridgehead atoms. The molecule has 25 heavy (non-hydrogen) atoms. The smallest absolute Gasteiger partial charge is 0.324 e. The van der Waals surface area contributed by atoms with E-state index >= 15 is 0 Å². The fraction of sp³-hybridized carbons (Fsp3) is 0.294. The molecule has 0 saturated carbocycles. The van der Waals surface area contributed by atoms with Crippen molar-refractivity contribution in [2.75, 3.05) is 6.54 Å². The molecule has 8 heteroatoms. The summed E-state index contributed by atoms with van der Waals surface area (Å²) < 4.78 is 1.89. The molecule has 1 atom stereocenters. The Morgan fingerprint density at radius 3 is 2.92 bits per heavy atom. The molecule has 1 aromatic carbocycles. The van der Waals surface area contributed by atoms with Gasteiger partial charge >= 0.3 is 6.03 Å². The zero-order chi connectivity index (χ0) is 17.8. The van der Waals surface area contributed by atoms with E-state index in [4.69, 9.17) is 0 Å². The number of nitrogens with one attached hydrogen (secondary N) is 2. The number of aromatic nitrogens is 2. The molecule has 1 aliphatic heterocycles. The van der Waals surface area contributed by atoms with Crippen molar-refractivity contribution in [1.82, 2.24) is 25.1 Å². The molecule has 2 heterocycles. The van der Waals surface area contributed by atoms with E-state index in [2.05, 4.69) is 15.6 Å². The van der Waals surface area contributed by atoms with Crippen molar-refractivity contribution in [3.63, 3.8) is 0 Å². The maximum atomic E-state index is 12.4. The van der Waals surface area contributed by atoms with Gasteiger partial charge in [-0.05, 0) is 24.6 Å². The van der Waals surface area contributed by atoms with Crippen LogP contribution >= 0.6 is 0 Å². The van der Waals surface area contributed by atoms with E-state index in [1.807, 2.05) is 17.7 Å². The van der Waals surface area contributed by atoms with Crippen molar-refractivity contribution in [3.05, 3.63) is 54.1 Å². The number of imide groups is 1. The minimum absolute atomic E-state index is 0.0186. The van der Waals surface area contributed by atoms with Crippen LogP contribution < -0.4 is 10.6 Å². The van der Waals surface area contributed by atoms with E-state index in [9.17, 15) is 14.4 Å². The minimum Gasteiger partial charge on any atom is -0.348 e. The number of carbonyl (C=O) groups excluding carboxylic acids is 3. The third-order valence-electron chi connectivity index (χ3n) is 3.89. The monoisotopic (exact) mass is 341 g/mol. The molecule has 130 valence electrons. The number of carbonyl (C=O) groups is 3. The molecule has 1 fully saturated rings. The number of rotatable bonds is 6. The van der Waals surface area contributed by atoms with Crippen LogP contribution in [-0.4, -0.2) is 44.9 Å². The van der Waals surface area contributed by atoms with E-state index < -0.39 is 6.03 Å². The number of urea groups is 1. The van der Waals surface area contributed by atoms with Crippen LogP contribution in [0.15, 0.2) is 43.0 Å². The largest absolute Gasteiger partial charge is 0.348 e. The number of amides is 4. The molecule has 0 radical (unpaired) electrons. The molecular weight excluding hydrogens is 322 g/mol. The van der Waals surface area contributed by atoms with Crippen molar-refractivity contribution in [1.29, 1.82) is 0 Å². The standard InChI is InChI=1S/C17H19N5O3/c1-12(9-21-6-5-18-11-21)20-16(24)14-4-2-3-13(7-14)10-22-15(23)8-19-17(22)25/h2-7,11-12H,8-10H2,1H3,(H,19,25)(H,20,24)/t12-/m0/s1. The Morgan fingerprint density at radius 1 is 1.40 bits per heavy atom. The highest BCUT2D eigenvalue weighted by Gasteiger charge is 2.28. The first kappa shape index (κ1) is 16.7. The number of nitrogens with zero attached hydrogens (tertiary/aromatic N) is 3. The molecule has 4 amide bonds. The summed E-state index contributed by atoms with van der Waals surface area (Å²) in [5.74, 6) is -0.472. The van der Waals surface area contributed by atoms with Gasteiger partial charge in [0.05, 0.1) is 19.4 Å². The van der Waals surface area contributed by atoms with Crippen LogP contribution in [0.4, 0.5) is 4.79 Å². The lowest BCUT2D eigenvalue weighted by Gasteiger charge is -2.16. The highest BCUT2D eigenvalue weighted by Crippen LogP contribution is 2.11. The quantitative estimate of drug-likeness (QED) is 0.758. The number of hydrogen-bond acceptors (Lipinski definition) is 4. The number of hydrogen-bond donors (Lipinski definition) is 2. The normalized spacial score (nSPS) is 15.2. The zero-order valence-corrected chi connectivity index (χ0v) is 13.8. The van der Waals surface area contributed by atoms with Crippen LogP contribution in [0.5, 0.6) is 0 Å². The topological polar surface area (TPSA) is 96.3 Å². The van der Waals surface area contributed by atoms with Crippen LogP contribution in [0.2, 0.25) is 0 Å². The van der Waals surface area contributed by atoms with Crippen LogP contribution in [0.1, 0.15) is 22.8 Å². The SMILES string of the molecule is C[C@@H](Cn1ccnc1)NC(=O)c1cccc(CN2C(=O)CNC2=O)c1. The third-order valence-corrected chi connectivity index (χ3v) is 3.89. The Balaban J connectivity index is 1.63. The summed E-state index contributed by atoms with van der Waals surface area (Å²) in [6, 6.07) is 6.44. The highest BCUT2D eigenvalue weighted by atomic mass is 16.2. The van der Waals surface area contributed by atoms with Gasteiger partial charge in [0.25, 0.3) is 5.91 Å². The van der Waals surface area contributed by atoms with Gasteiger partial charge in [0.15, 0.2) is 0 Å². The molecular formula is C17H19N5O3. The Bertz CT molecular complexity index is 771. The molecule has 1 aromatic heterocycles. The van der Waals surface area contributed by atoms with Gasteiger partial charge in [-0.1, -0.05) is 12.1 Å². The Labute approximate surface area is 144 Å². The van der Waals surface area contributed by atoms with Crippen molar-refractivity contribution in [2.24, 2.45) is 0 Å². The average Bonchev–Trinajstić information content (AvgIpc) is 3.20. The summed E-state index contributed by atoms with van der Waals surface area (Å²) >= 11 is 0. The molecule has 0 unspecified atom stereocenters. The first-order chi connectivity index (χ1) is 12.0. The average molecular weight is 341 g/mol. The minimum atomic E-state index is -0.409. The van der Waals surface area contributed by atoms with E-state index in [0.717, 1.165) is 10.5 Å². The van der Waals surface area contributed by atoms with Crippen LogP contribution in [-0.2, 0) is 17.9 Å². The molecule has 2 N–H and O–H groups in total. The highest BCUT2D eigenvalue weighted by molar-refractivity contribution is 6.02. The van der Waals surface area contributed by atoms with E-state index in [1.165, 1.54) is 0 Å². The molecule has 0 aliphatic carbocycles. The summed E-state index contributed by atoms with van der Waals surface area (Å²) in [6.45, 7) is 2.70. The predicted molar refractivity (Wildman–Crippen MR) is 89.5 cm³/mol. The van der Waals surface area contributed by atoms with E-state index in [1.54, 1.807) is 36.8 Å². The van der Waals surface area contributed by atoms with Crippen molar-refractivity contribution < 1.29 is 14.4 Å². The van der Waals surface area contributed by atoms with Crippen LogP contribution in [0.25, 0.3) is 0 Å². The molecule has 1 aliphatic rings. The van der Waals surface area contributed by atoms with Gasteiger partial charge in [-0.25, -0.2) is 9.78 Å². The maximum Gasteiger partial charge on any atom is 0.324 e. The Hall–Kier alpha value is -3.16. The second-order valence-electron chi connectivity index (χ2n) is 5.97. The van der Waals surface area contributed by atoms with Gasteiger partial charge in [-0.2, -0.15) is 0 Å². The van der Waals surface area contributed by atoms with Crippen LogP contribution in [0.3, 0.4) is 0 Å². The second kappa shape index (κ2) is 7.16. The molecule has 3 rings (SSSR count). The molecule has 0 spiro atoms. The Morgan fingerprint density at radius 2 is 2.24 bits per heavy atom. The fourth-order valence-corrected chi connectivity index (χ4v) is 2.67. The van der Waals surface area contributed by atoms with Crippen molar-refractivity contribution in [3.8, 4) is 0 Å². The summed E-state index contributed by atoms with van der Waals surface area (Å²) in [5, 5.41) is 5.40. The Kier molecular flexibility index (Phi) is 4.78. The third kappa shape index (κ3) is 4.03. The lowest BCUT2D eigenvalue weighted by Crippen LogP contribution is -2.35. The maximum absolute atomic E-state index is 12.4. The van der Waals surface area contributed by atoms with Crippen molar-refractivity contribution in [2.45, 2.75) is 26.1 Å². The van der Waals surface area contributed by atoms with Crippen LogP contribution in [0, 0.1) is 0 Å². The second-order valence-corrected chi connectivity index (χ2v) is 5.97. The fourth-order valence-electron chi connectivity index (χ4n) is 2.67. The van der Waals surface area contributed by atoms with Gasteiger partial charge in [0.2, 0.25) is 5.91 Å². The summed E-state index contributed by atoms with van der Waals surface area (Å²) in [5.41, 5.74) is 1.21. The first-order valence-corrected chi connectivity index (χ1v) is 7.96. The number of benzene rings is 1. The van der Waals surface area contributed by atoms with E-state index in [0.29, 0.717) is 12.1 Å². The predicted octanol–water partition coefficient (Wildman–Crippen LogP) is 0.753. The lowest BCUT2D eigenvalue weighted by atomic mass is 10.1. The molecule has 1 saturated heterocycles. The van der Waals surface area contributed by atoms with E-state index in [-0.39, 0.29) is 30.9 Å². The van der Waals surface area contributed by atoms with Crippen molar-refractivity contribution >= 4 is 17.8 Å². The lowest BCUT2D eigenvalue weighted by molar-refractivity contribution is -0.125. The van der Waals surface area contributed by atoms with Gasteiger partial charge in [-0.3, -0.25) is 14.5 Å².